The zero-order valence-corrected chi connectivity index (χ0v) is 10.3. The van der Waals surface area contributed by atoms with E-state index in [9.17, 15) is 35.1 Å². The van der Waals surface area contributed by atoms with Crippen LogP contribution in [0.4, 0.5) is 35.1 Å². The minimum absolute atomic E-state index is 0.0537. The van der Waals surface area contributed by atoms with Gasteiger partial charge in [0, 0.05) is 12.5 Å². The van der Waals surface area contributed by atoms with Crippen molar-refractivity contribution in [3.63, 3.8) is 0 Å². The van der Waals surface area contributed by atoms with Gasteiger partial charge in [-0.25, -0.2) is 8.78 Å². The van der Waals surface area contributed by atoms with Gasteiger partial charge in [0.1, 0.15) is 0 Å². The van der Waals surface area contributed by atoms with Crippen molar-refractivity contribution >= 4 is 0 Å². The molecule has 0 aliphatic carbocycles. The molecule has 0 N–H and O–H groups in total. The quantitative estimate of drug-likeness (QED) is 0.712. The third kappa shape index (κ3) is 3.83. The van der Waals surface area contributed by atoms with Crippen LogP contribution in [0.2, 0.25) is 0 Å². The maximum absolute atomic E-state index is 13.1. The van der Waals surface area contributed by atoms with Crippen LogP contribution in [-0.2, 0) is 24.7 Å². The fourth-order valence-corrected chi connectivity index (χ4v) is 1.70. The summed E-state index contributed by atoms with van der Waals surface area (Å²) in [6.07, 6.45) is -11.8. The summed E-state index contributed by atoms with van der Waals surface area (Å²) < 4.78 is 103. The third-order valence-corrected chi connectivity index (χ3v) is 2.62. The average Bonchev–Trinajstić information content (AvgIpc) is 2.24. The van der Waals surface area contributed by atoms with Gasteiger partial charge in [-0.2, -0.15) is 31.6 Å². The summed E-state index contributed by atoms with van der Waals surface area (Å²) in [4.78, 5) is 0. The van der Waals surface area contributed by atoms with Crippen LogP contribution in [0.15, 0.2) is 12.1 Å². The van der Waals surface area contributed by atoms with Gasteiger partial charge < -0.3 is 0 Å². The number of hydrogen-bond acceptors (Lipinski definition) is 1. The Morgan fingerprint density at radius 2 is 1.29 bits per heavy atom. The van der Waals surface area contributed by atoms with Crippen LogP contribution in [0, 0.1) is 11.3 Å². The van der Waals surface area contributed by atoms with E-state index in [0.29, 0.717) is 0 Å². The topological polar surface area (TPSA) is 23.8 Å². The highest BCUT2D eigenvalue weighted by Gasteiger charge is 2.43. The Morgan fingerprint density at radius 3 is 1.52 bits per heavy atom. The first-order valence-electron chi connectivity index (χ1n) is 5.35. The summed E-state index contributed by atoms with van der Waals surface area (Å²) in [6, 6.07) is 1.07. The summed E-state index contributed by atoms with van der Waals surface area (Å²) in [6.45, 7) is 0.187. The molecule has 0 aliphatic rings. The number of benzene rings is 1. The van der Waals surface area contributed by atoms with E-state index in [1.807, 2.05) is 0 Å². The molecule has 0 aromatic heterocycles. The van der Waals surface area contributed by atoms with Crippen LogP contribution in [0.3, 0.4) is 0 Å². The van der Waals surface area contributed by atoms with Crippen molar-refractivity contribution < 1.29 is 35.1 Å². The van der Waals surface area contributed by atoms with Crippen molar-refractivity contribution in [2.45, 2.75) is 31.6 Å². The molecule has 116 valence electrons. The van der Waals surface area contributed by atoms with Crippen LogP contribution in [0.1, 0.15) is 29.2 Å². The van der Waals surface area contributed by atoms with E-state index >= 15 is 0 Å². The predicted octanol–water partition coefficient (Wildman–Crippen LogP) is 4.90. The van der Waals surface area contributed by atoms with E-state index in [2.05, 4.69) is 0 Å². The molecular formula is C12H7F8N. The Bertz CT molecular complexity index is 536. The number of nitrogens with zero attached hydrogens (tertiary/aromatic N) is 1. The Hall–Kier alpha value is -1.85. The molecule has 1 nitrogen and oxygen atoms in total. The summed E-state index contributed by atoms with van der Waals surface area (Å²) in [5, 5.41) is 8.40. The molecule has 0 spiro atoms. The van der Waals surface area contributed by atoms with Gasteiger partial charge in [-0.05, 0) is 17.7 Å². The molecule has 9 heteroatoms. The van der Waals surface area contributed by atoms with Crippen LogP contribution in [-0.4, -0.2) is 0 Å². The first kappa shape index (κ1) is 17.2. The molecule has 0 saturated heterocycles. The second kappa shape index (κ2) is 5.16. The van der Waals surface area contributed by atoms with E-state index in [-0.39, 0.29) is 19.1 Å². The van der Waals surface area contributed by atoms with E-state index in [1.54, 1.807) is 0 Å². The molecule has 0 fully saturated rings. The summed E-state index contributed by atoms with van der Waals surface area (Å²) in [5.41, 5.74) is -6.53. The first-order valence-corrected chi connectivity index (χ1v) is 5.35. The zero-order chi connectivity index (χ0) is 16.6. The average molecular weight is 317 g/mol. The van der Waals surface area contributed by atoms with Gasteiger partial charge in [0.2, 0.25) is 0 Å². The molecule has 1 aromatic rings. The van der Waals surface area contributed by atoms with Crippen LogP contribution in [0.5, 0.6) is 0 Å². The van der Waals surface area contributed by atoms with Crippen LogP contribution >= 0.6 is 0 Å². The van der Waals surface area contributed by atoms with Gasteiger partial charge in [-0.1, -0.05) is 0 Å². The van der Waals surface area contributed by atoms with Crippen molar-refractivity contribution in [1.29, 1.82) is 5.26 Å². The van der Waals surface area contributed by atoms with E-state index in [4.69, 9.17) is 5.26 Å². The fourth-order valence-electron chi connectivity index (χ4n) is 1.70. The molecule has 0 aliphatic heterocycles. The van der Waals surface area contributed by atoms with Crippen molar-refractivity contribution in [3.8, 4) is 6.07 Å². The molecule has 1 aromatic carbocycles. The molecule has 1 rings (SSSR count). The highest BCUT2D eigenvalue weighted by Crippen LogP contribution is 2.43. The Morgan fingerprint density at radius 1 is 0.905 bits per heavy atom. The monoisotopic (exact) mass is 317 g/mol. The Balaban J connectivity index is 3.80. The van der Waals surface area contributed by atoms with E-state index in [1.165, 1.54) is 6.07 Å². The molecule has 0 amide bonds. The van der Waals surface area contributed by atoms with Gasteiger partial charge in [0.25, 0.3) is 5.92 Å². The lowest BCUT2D eigenvalue weighted by molar-refractivity contribution is -0.144. The minimum atomic E-state index is -5.28. The lowest BCUT2D eigenvalue weighted by Crippen LogP contribution is -2.20. The molecular weight excluding hydrogens is 310 g/mol. The van der Waals surface area contributed by atoms with Gasteiger partial charge in [-0.15, -0.1) is 0 Å². The molecule has 0 unspecified atom stereocenters. The van der Waals surface area contributed by atoms with Gasteiger partial charge in [0.15, 0.2) is 0 Å². The van der Waals surface area contributed by atoms with Crippen molar-refractivity contribution in [2.75, 3.05) is 0 Å². The molecule has 0 radical (unpaired) electrons. The maximum atomic E-state index is 13.1. The molecule has 0 bridgehead atoms. The lowest BCUT2D eigenvalue weighted by Gasteiger charge is -2.21. The normalized spacial score (nSPS) is 13.1. The standard InChI is InChI=1S/C12H7F8N/c1-10(13,14)6-4-8(11(15,16)17)7(2-3-21)9(5-6)12(18,19)20/h4-5H,2H2,1H3. The van der Waals surface area contributed by atoms with Crippen molar-refractivity contribution in [1.82, 2.24) is 0 Å². The van der Waals surface area contributed by atoms with Crippen molar-refractivity contribution in [2.24, 2.45) is 0 Å². The molecule has 0 atom stereocenters. The van der Waals surface area contributed by atoms with Gasteiger partial charge >= 0.3 is 12.4 Å². The Kier molecular flexibility index (Phi) is 4.23. The smallest absolute Gasteiger partial charge is 0.202 e. The molecule has 0 heterocycles. The zero-order valence-electron chi connectivity index (χ0n) is 10.3. The lowest BCUT2D eigenvalue weighted by atomic mass is 9.93. The van der Waals surface area contributed by atoms with E-state index in [0.717, 1.165) is 0 Å². The number of hydrogen-bond donors (Lipinski definition) is 0. The number of rotatable bonds is 2. The van der Waals surface area contributed by atoms with Crippen LogP contribution < -0.4 is 0 Å². The third-order valence-electron chi connectivity index (χ3n) is 2.62. The minimum Gasteiger partial charge on any atom is -0.202 e. The second-order valence-electron chi connectivity index (χ2n) is 4.27. The number of halogens is 8. The molecule has 21 heavy (non-hydrogen) atoms. The van der Waals surface area contributed by atoms with Gasteiger partial charge in [-0.3, -0.25) is 0 Å². The predicted molar refractivity (Wildman–Crippen MR) is 55.3 cm³/mol. The van der Waals surface area contributed by atoms with E-state index < -0.39 is 46.9 Å². The summed E-state index contributed by atoms with van der Waals surface area (Å²) in [7, 11) is 0. The number of alkyl halides is 8. The fraction of sp³-hybridized carbons (Fsp3) is 0.417. The first-order chi connectivity index (χ1) is 9.28. The largest absolute Gasteiger partial charge is 0.416 e. The van der Waals surface area contributed by atoms with Crippen molar-refractivity contribution in [3.05, 3.63) is 34.4 Å². The second-order valence-corrected chi connectivity index (χ2v) is 4.27. The SMILES string of the molecule is CC(F)(F)c1cc(C(F)(F)F)c(CC#N)c(C(F)(F)F)c1. The Labute approximate surface area is 113 Å². The van der Waals surface area contributed by atoms with Gasteiger partial charge in [0.05, 0.1) is 23.6 Å². The number of nitriles is 1. The summed E-state index contributed by atoms with van der Waals surface area (Å²) >= 11 is 0. The highest BCUT2D eigenvalue weighted by molar-refractivity contribution is 5.45. The highest BCUT2D eigenvalue weighted by atomic mass is 19.4. The van der Waals surface area contributed by atoms with Crippen LogP contribution in [0.25, 0.3) is 0 Å². The maximum Gasteiger partial charge on any atom is 0.416 e. The molecule has 0 saturated carbocycles. The summed E-state index contributed by atoms with van der Waals surface area (Å²) in [5.74, 6) is -3.88.